The molecule has 0 saturated heterocycles. The molecule has 146 valence electrons. The molecule has 1 aliphatic rings. The van der Waals surface area contributed by atoms with Gasteiger partial charge >= 0.3 is 0 Å². The number of hydrogen-bond acceptors (Lipinski definition) is 4. The van der Waals surface area contributed by atoms with Gasteiger partial charge in [-0.15, -0.1) is 0 Å². The zero-order valence-electron chi connectivity index (χ0n) is 16.0. The monoisotopic (exact) mass is 381 g/mol. The van der Waals surface area contributed by atoms with Crippen LogP contribution in [0.15, 0.2) is 29.2 Å². The van der Waals surface area contributed by atoms with Gasteiger partial charge in [-0.2, -0.15) is 0 Å². The molecule has 3 aromatic rings. The average Bonchev–Trinajstić information content (AvgIpc) is 3.08. The van der Waals surface area contributed by atoms with Crippen molar-refractivity contribution >= 4 is 16.8 Å². The number of benzene rings is 1. The molecule has 0 unspecified atom stereocenters. The van der Waals surface area contributed by atoms with Crippen LogP contribution in [0.1, 0.15) is 22.4 Å². The Bertz CT molecular complexity index is 1090. The topological polar surface area (TPSA) is 98.4 Å². The molecular weight excluding hydrogens is 358 g/mol. The summed E-state index contributed by atoms with van der Waals surface area (Å²) in [5.74, 6) is -0.136. The van der Waals surface area contributed by atoms with Gasteiger partial charge < -0.3 is 24.7 Å². The number of carbonyl (C=O) groups is 1. The highest BCUT2D eigenvalue weighted by Gasteiger charge is 2.26. The molecule has 0 saturated carbocycles. The Hall–Kier alpha value is -2.90. The molecule has 7 nitrogen and oxygen atoms in total. The standard InChI is InChI=1S/C21H23N3O4/c1-12-7-15(14-3-4-18(26)22-8-14)20-16-9-24(19(27)10-28-11-25)6-5-17(16)23-21(20)13(12)2/h3-4,7-8,23,25H,5-6,9-11H2,1-2H3,(H,22,26). The van der Waals surface area contributed by atoms with Crippen molar-refractivity contribution < 1.29 is 14.6 Å². The van der Waals surface area contributed by atoms with E-state index in [-0.39, 0.29) is 18.1 Å². The highest BCUT2D eigenvalue weighted by molar-refractivity contribution is 6.01. The van der Waals surface area contributed by atoms with E-state index in [1.165, 1.54) is 11.6 Å². The van der Waals surface area contributed by atoms with Crippen LogP contribution in [0, 0.1) is 13.8 Å². The third-order valence-electron chi connectivity index (χ3n) is 5.53. The van der Waals surface area contributed by atoms with Gasteiger partial charge in [0.2, 0.25) is 11.5 Å². The van der Waals surface area contributed by atoms with Crippen LogP contribution in [0.4, 0.5) is 0 Å². The van der Waals surface area contributed by atoms with Gasteiger partial charge in [0, 0.05) is 53.9 Å². The highest BCUT2D eigenvalue weighted by atomic mass is 16.6. The molecular formula is C21H23N3O4. The number of carbonyl (C=O) groups excluding carboxylic acids is 1. The molecule has 0 atom stereocenters. The predicted molar refractivity (Wildman–Crippen MR) is 106 cm³/mol. The Morgan fingerprint density at radius 2 is 2.14 bits per heavy atom. The molecule has 7 heteroatoms. The molecule has 0 radical (unpaired) electrons. The summed E-state index contributed by atoms with van der Waals surface area (Å²) in [6.07, 6.45) is 2.46. The Morgan fingerprint density at radius 3 is 2.86 bits per heavy atom. The molecule has 1 amide bonds. The Kier molecular flexibility index (Phi) is 4.78. The van der Waals surface area contributed by atoms with Crippen molar-refractivity contribution in [1.82, 2.24) is 14.9 Å². The SMILES string of the molecule is Cc1cc(-c2ccc(=O)[nH]c2)c2c3c([nH]c2c1C)CCN(C(=O)COCO)C3. The Morgan fingerprint density at radius 1 is 1.32 bits per heavy atom. The number of rotatable bonds is 4. The number of aliphatic hydroxyl groups excluding tert-OH is 1. The molecule has 0 aliphatic carbocycles. The van der Waals surface area contributed by atoms with Gasteiger partial charge in [-0.05, 0) is 42.2 Å². The van der Waals surface area contributed by atoms with Gasteiger partial charge in [-0.1, -0.05) is 6.07 Å². The number of pyridine rings is 1. The number of nitrogens with zero attached hydrogens (tertiary/aromatic N) is 1. The molecule has 3 N–H and O–H groups in total. The normalized spacial score (nSPS) is 13.8. The summed E-state index contributed by atoms with van der Waals surface area (Å²) in [4.78, 5) is 31.9. The summed E-state index contributed by atoms with van der Waals surface area (Å²) < 4.78 is 4.87. The minimum atomic E-state index is -0.466. The Balaban J connectivity index is 1.85. The lowest BCUT2D eigenvalue weighted by atomic mass is 9.93. The maximum absolute atomic E-state index is 12.4. The molecule has 2 aromatic heterocycles. The lowest BCUT2D eigenvalue weighted by molar-refractivity contribution is -0.140. The number of fused-ring (bicyclic) bond motifs is 3. The number of H-pyrrole nitrogens is 2. The fourth-order valence-electron chi connectivity index (χ4n) is 3.91. The maximum Gasteiger partial charge on any atom is 0.248 e. The van der Waals surface area contributed by atoms with Gasteiger partial charge in [-0.3, -0.25) is 9.59 Å². The van der Waals surface area contributed by atoms with E-state index in [0.717, 1.165) is 45.3 Å². The molecule has 0 bridgehead atoms. The third kappa shape index (κ3) is 3.12. The van der Waals surface area contributed by atoms with E-state index in [1.807, 2.05) is 6.07 Å². The second-order valence-electron chi connectivity index (χ2n) is 7.18. The molecule has 1 aromatic carbocycles. The zero-order chi connectivity index (χ0) is 19.8. The van der Waals surface area contributed by atoms with E-state index in [4.69, 9.17) is 9.84 Å². The van der Waals surface area contributed by atoms with Crippen molar-refractivity contribution in [3.63, 3.8) is 0 Å². The van der Waals surface area contributed by atoms with Crippen LogP contribution in [-0.4, -0.2) is 45.8 Å². The molecule has 3 heterocycles. The molecule has 0 spiro atoms. The van der Waals surface area contributed by atoms with Crippen molar-refractivity contribution in [3.8, 4) is 11.1 Å². The van der Waals surface area contributed by atoms with E-state index in [1.54, 1.807) is 11.1 Å². The van der Waals surface area contributed by atoms with Crippen molar-refractivity contribution in [2.24, 2.45) is 0 Å². The number of aliphatic hydroxyl groups is 1. The largest absolute Gasteiger partial charge is 0.371 e. The summed E-state index contributed by atoms with van der Waals surface area (Å²) in [5, 5.41) is 9.88. The number of amides is 1. The minimum absolute atomic E-state index is 0.126. The van der Waals surface area contributed by atoms with Crippen LogP contribution >= 0.6 is 0 Å². The second-order valence-corrected chi connectivity index (χ2v) is 7.18. The predicted octanol–water partition coefficient (Wildman–Crippen LogP) is 1.99. The van der Waals surface area contributed by atoms with E-state index in [2.05, 4.69) is 29.9 Å². The summed E-state index contributed by atoms with van der Waals surface area (Å²) >= 11 is 0. The second kappa shape index (κ2) is 7.26. The summed E-state index contributed by atoms with van der Waals surface area (Å²) in [5.41, 5.74) is 7.49. The van der Waals surface area contributed by atoms with Gasteiger partial charge in [0.1, 0.15) is 13.4 Å². The number of aryl methyl sites for hydroxylation is 2. The highest BCUT2D eigenvalue weighted by Crippen LogP contribution is 2.38. The number of hydrogen-bond donors (Lipinski definition) is 3. The van der Waals surface area contributed by atoms with E-state index >= 15 is 0 Å². The molecule has 1 aliphatic heterocycles. The summed E-state index contributed by atoms with van der Waals surface area (Å²) in [7, 11) is 0. The van der Waals surface area contributed by atoms with Crippen LogP contribution < -0.4 is 5.56 Å². The number of nitrogens with one attached hydrogen (secondary N) is 2. The van der Waals surface area contributed by atoms with Crippen LogP contribution in [0.25, 0.3) is 22.0 Å². The van der Waals surface area contributed by atoms with Gasteiger partial charge in [-0.25, -0.2) is 0 Å². The van der Waals surface area contributed by atoms with Crippen LogP contribution in [0.5, 0.6) is 0 Å². The zero-order valence-corrected chi connectivity index (χ0v) is 16.0. The lowest BCUT2D eigenvalue weighted by Gasteiger charge is -2.27. The molecule has 0 fully saturated rings. The van der Waals surface area contributed by atoms with E-state index < -0.39 is 6.79 Å². The first-order valence-electron chi connectivity index (χ1n) is 9.28. The number of aromatic amines is 2. The van der Waals surface area contributed by atoms with Crippen molar-refractivity contribution in [2.45, 2.75) is 26.8 Å². The van der Waals surface area contributed by atoms with Crippen LogP contribution in [0.2, 0.25) is 0 Å². The maximum atomic E-state index is 12.4. The fraction of sp³-hybridized carbons (Fsp3) is 0.333. The Labute approximate surface area is 162 Å². The van der Waals surface area contributed by atoms with Crippen molar-refractivity contribution in [2.75, 3.05) is 19.9 Å². The summed E-state index contributed by atoms with van der Waals surface area (Å²) in [6.45, 7) is 4.67. The molecule has 28 heavy (non-hydrogen) atoms. The quantitative estimate of drug-likeness (QED) is 0.602. The fourth-order valence-corrected chi connectivity index (χ4v) is 3.91. The first kappa shape index (κ1) is 18.5. The first-order valence-corrected chi connectivity index (χ1v) is 9.28. The smallest absolute Gasteiger partial charge is 0.248 e. The van der Waals surface area contributed by atoms with E-state index in [9.17, 15) is 9.59 Å². The summed E-state index contributed by atoms with van der Waals surface area (Å²) in [6, 6.07) is 5.48. The van der Waals surface area contributed by atoms with Crippen molar-refractivity contribution in [1.29, 1.82) is 0 Å². The van der Waals surface area contributed by atoms with Crippen LogP contribution in [-0.2, 0) is 22.5 Å². The first-order chi connectivity index (χ1) is 13.5. The minimum Gasteiger partial charge on any atom is -0.371 e. The number of ether oxygens (including phenoxy) is 1. The van der Waals surface area contributed by atoms with Gasteiger partial charge in [0.25, 0.3) is 0 Å². The van der Waals surface area contributed by atoms with Crippen LogP contribution in [0.3, 0.4) is 0 Å². The van der Waals surface area contributed by atoms with Gasteiger partial charge in [0.15, 0.2) is 0 Å². The van der Waals surface area contributed by atoms with E-state index in [0.29, 0.717) is 13.1 Å². The molecule has 4 rings (SSSR count). The lowest BCUT2D eigenvalue weighted by Crippen LogP contribution is -2.38. The third-order valence-corrected chi connectivity index (χ3v) is 5.53. The average molecular weight is 381 g/mol. The van der Waals surface area contributed by atoms with Gasteiger partial charge in [0.05, 0.1) is 0 Å². The number of aromatic nitrogens is 2. The van der Waals surface area contributed by atoms with Crippen molar-refractivity contribution in [3.05, 3.63) is 57.1 Å².